The number of halogens is 1. The number of esters is 1. The van der Waals surface area contributed by atoms with Crippen molar-refractivity contribution in [1.29, 1.82) is 0 Å². The molecular weight excluding hydrogens is 384 g/mol. The fourth-order valence-electron chi connectivity index (χ4n) is 3.20. The Kier molecular flexibility index (Phi) is 4.03. The standard InChI is InChI=1S/C18H17BrN4O2/c1-10-14(9-23(22-10)13-5-11(6-13)18(24)25-2)17-8-20-15-4-3-12(19)7-16(15)21-17/h3-4,7-9,11,13H,5-6H2,1-2H3. The Morgan fingerprint density at radius 3 is 2.88 bits per heavy atom. The summed E-state index contributed by atoms with van der Waals surface area (Å²) in [6.07, 6.45) is 5.32. The second kappa shape index (κ2) is 6.22. The van der Waals surface area contributed by atoms with Crippen molar-refractivity contribution in [3.05, 3.63) is 40.8 Å². The van der Waals surface area contributed by atoms with E-state index in [0.717, 1.165) is 45.3 Å². The molecule has 25 heavy (non-hydrogen) atoms. The number of fused-ring (bicyclic) bond motifs is 1. The Morgan fingerprint density at radius 2 is 2.12 bits per heavy atom. The van der Waals surface area contributed by atoms with Gasteiger partial charge >= 0.3 is 5.97 Å². The van der Waals surface area contributed by atoms with Crippen molar-refractivity contribution in [3.8, 4) is 11.3 Å². The van der Waals surface area contributed by atoms with Gasteiger partial charge in [0.15, 0.2) is 0 Å². The molecule has 0 radical (unpaired) electrons. The monoisotopic (exact) mass is 400 g/mol. The first-order chi connectivity index (χ1) is 12.0. The highest BCUT2D eigenvalue weighted by Crippen LogP contribution is 2.39. The van der Waals surface area contributed by atoms with Gasteiger partial charge in [-0.05, 0) is 38.0 Å². The Bertz CT molecular complexity index is 963. The lowest BCUT2D eigenvalue weighted by Gasteiger charge is -2.33. The van der Waals surface area contributed by atoms with Gasteiger partial charge in [-0.1, -0.05) is 15.9 Å². The van der Waals surface area contributed by atoms with Crippen LogP contribution >= 0.6 is 15.9 Å². The van der Waals surface area contributed by atoms with E-state index in [0.29, 0.717) is 0 Å². The number of rotatable bonds is 3. The number of nitrogens with zero attached hydrogens (tertiary/aromatic N) is 4. The molecule has 1 aliphatic rings. The summed E-state index contributed by atoms with van der Waals surface area (Å²) in [4.78, 5) is 20.8. The van der Waals surface area contributed by atoms with Crippen molar-refractivity contribution >= 4 is 32.9 Å². The van der Waals surface area contributed by atoms with Gasteiger partial charge in [0.1, 0.15) is 0 Å². The predicted molar refractivity (Wildman–Crippen MR) is 97.0 cm³/mol. The molecular formula is C18H17BrN4O2. The summed E-state index contributed by atoms with van der Waals surface area (Å²) in [5.41, 5.74) is 4.38. The quantitative estimate of drug-likeness (QED) is 0.627. The molecule has 1 fully saturated rings. The van der Waals surface area contributed by atoms with E-state index in [2.05, 4.69) is 26.0 Å². The molecule has 1 aromatic carbocycles. The third-order valence-corrected chi connectivity index (χ3v) is 5.21. The number of aryl methyl sites for hydroxylation is 1. The normalized spacial score (nSPS) is 19.6. The lowest BCUT2D eigenvalue weighted by atomic mass is 9.80. The van der Waals surface area contributed by atoms with Crippen molar-refractivity contribution in [2.75, 3.05) is 7.11 Å². The van der Waals surface area contributed by atoms with Gasteiger partial charge in [0.25, 0.3) is 0 Å². The van der Waals surface area contributed by atoms with Gasteiger partial charge in [0, 0.05) is 16.2 Å². The maximum Gasteiger partial charge on any atom is 0.308 e. The number of aromatic nitrogens is 4. The van der Waals surface area contributed by atoms with E-state index in [9.17, 15) is 4.79 Å². The predicted octanol–water partition coefficient (Wildman–Crippen LogP) is 3.69. The van der Waals surface area contributed by atoms with Gasteiger partial charge < -0.3 is 4.74 Å². The van der Waals surface area contributed by atoms with Gasteiger partial charge in [-0.2, -0.15) is 5.10 Å². The number of benzene rings is 1. The SMILES string of the molecule is COC(=O)C1CC(n2cc(-c3cnc4ccc(Br)cc4n3)c(C)n2)C1. The molecule has 2 heterocycles. The van der Waals surface area contributed by atoms with Gasteiger partial charge in [0.2, 0.25) is 0 Å². The zero-order chi connectivity index (χ0) is 17.6. The number of hydrogen-bond acceptors (Lipinski definition) is 5. The van der Waals surface area contributed by atoms with Crippen molar-refractivity contribution < 1.29 is 9.53 Å². The molecule has 0 spiro atoms. The Balaban J connectivity index is 1.62. The third-order valence-electron chi connectivity index (χ3n) is 4.72. The first-order valence-corrected chi connectivity index (χ1v) is 8.90. The lowest BCUT2D eigenvalue weighted by Crippen LogP contribution is -2.33. The van der Waals surface area contributed by atoms with E-state index < -0.39 is 0 Å². The van der Waals surface area contributed by atoms with E-state index in [-0.39, 0.29) is 17.9 Å². The number of hydrogen-bond donors (Lipinski definition) is 0. The van der Waals surface area contributed by atoms with Crippen LogP contribution in [0.1, 0.15) is 24.6 Å². The molecule has 0 atom stereocenters. The first-order valence-electron chi connectivity index (χ1n) is 8.11. The molecule has 2 aromatic heterocycles. The molecule has 0 unspecified atom stereocenters. The molecule has 0 aliphatic heterocycles. The van der Waals surface area contributed by atoms with Crippen LogP contribution in [0.2, 0.25) is 0 Å². The molecule has 128 valence electrons. The highest BCUT2D eigenvalue weighted by molar-refractivity contribution is 9.10. The lowest BCUT2D eigenvalue weighted by molar-refractivity contribution is -0.149. The number of carbonyl (C=O) groups excluding carboxylic acids is 1. The van der Waals surface area contributed by atoms with Crippen LogP contribution in [-0.2, 0) is 9.53 Å². The van der Waals surface area contributed by atoms with Crippen molar-refractivity contribution in [2.45, 2.75) is 25.8 Å². The van der Waals surface area contributed by atoms with Crippen LogP contribution in [0.25, 0.3) is 22.3 Å². The van der Waals surface area contributed by atoms with Gasteiger partial charge in [0.05, 0.1) is 47.7 Å². The molecule has 0 N–H and O–H groups in total. The van der Waals surface area contributed by atoms with E-state index in [1.165, 1.54) is 7.11 Å². The highest BCUT2D eigenvalue weighted by Gasteiger charge is 2.37. The maximum atomic E-state index is 11.5. The fraction of sp³-hybridized carbons (Fsp3) is 0.333. The minimum absolute atomic E-state index is 0.0132. The summed E-state index contributed by atoms with van der Waals surface area (Å²) in [5, 5.41) is 4.61. The number of methoxy groups -OCH3 is 1. The second-order valence-electron chi connectivity index (χ2n) is 6.34. The van der Waals surface area contributed by atoms with E-state index in [1.54, 1.807) is 6.20 Å². The first kappa shape index (κ1) is 16.2. The van der Waals surface area contributed by atoms with Crippen LogP contribution in [0.4, 0.5) is 0 Å². The van der Waals surface area contributed by atoms with E-state index in [4.69, 9.17) is 9.72 Å². The van der Waals surface area contributed by atoms with Crippen LogP contribution in [0.15, 0.2) is 35.1 Å². The number of ether oxygens (including phenoxy) is 1. The molecule has 1 aliphatic carbocycles. The van der Waals surface area contributed by atoms with Crippen LogP contribution in [0.3, 0.4) is 0 Å². The van der Waals surface area contributed by atoms with Crippen LogP contribution in [0, 0.1) is 12.8 Å². The van der Waals surface area contributed by atoms with Gasteiger partial charge in [-0.15, -0.1) is 0 Å². The number of carbonyl (C=O) groups is 1. The van der Waals surface area contributed by atoms with E-state index >= 15 is 0 Å². The van der Waals surface area contributed by atoms with Crippen LogP contribution in [-0.4, -0.2) is 32.8 Å². The summed E-state index contributed by atoms with van der Waals surface area (Å²) in [7, 11) is 1.43. The minimum Gasteiger partial charge on any atom is -0.469 e. The summed E-state index contributed by atoms with van der Waals surface area (Å²) >= 11 is 3.47. The molecule has 0 bridgehead atoms. The molecule has 0 saturated heterocycles. The Labute approximate surface area is 153 Å². The molecule has 3 aromatic rings. The largest absolute Gasteiger partial charge is 0.469 e. The topological polar surface area (TPSA) is 69.9 Å². The molecule has 7 heteroatoms. The average Bonchev–Trinajstić information content (AvgIpc) is 2.93. The summed E-state index contributed by atoms with van der Waals surface area (Å²) in [5.74, 6) is -0.146. The smallest absolute Gasteiger partial charge is 0.308 e. The molecule has 6 nitrogen and oxygen atoms in total. The fourth-order valence-corrected chi connectivity index (χ4v) is 3.55. The zero-order valence-electron chi connectivity index (χ0n) is 13.9. The average molecular weight is 401 g/mol. The molecule has 4 rings (SSSR count). The Hall–Kier alpha value is -2.28. The third kappa shape index (κ3) is 2.93. The van der Waals surface area contributed by atoms with Crippen LogP contribution < -0.4 is 0 Å². The summed E-state index contributed by atoms with van der Waals surface area (Å²) < 4.78 is 7.71. The highest BCUT2D eigenvalue weighted by atomic mass is 79.9. The molecule has 1 saturated carbocycles. The van der Waals surface area contributed by atoms with Gasteiger partial charge in [-0.3, -0.25) is 14.5 Å². The second-order valence-corrected chi connectivity index (χ2v) is 7.26. The van der Waals surface area contributed by atoms with Crippen LogP contribution in [0.5, 0.6) is 0 Å². The molecule has 0 amide bonds. The van der Waals surface area contributed by atoms with Crippen molar-refractivity contribution in [1.82, 2.24) is 19.7 Å². The summed E-state index contributed by atoms with van der Waals surface area (Å²) in [6.45, 7) is 1.97. The van der Waals surface area contributed by atoms with Crippen molar-refractivity contribution in [2.24, 2.45) is 5.92 Å². The van der Waals surface area contributed by atoms with Gasteiger partial charge in [-0.25, -0.2) is 4.98 Å². The zero-order valence-corrected chi connectivity index (χ0v) is 15.5. The maximum absolute atomic E-state index is 11.5. The summed E-state index contributed by atoms with van der Waals surface area (Å²) in [6, 6.07) is 6.08. The minimum atomic E-state index is -0.133. The van der Waals surface area contributed by atoms with E-state index in [1.807, 2.05) is 36.0 Å². The van der Waals surface area contributed by atoms with Crippen molar-refractivity contribution in [3.63, 3.8) is 0 Å². The Morgan fingerprint density at radius 1 is 1.32 bits per heavy atom.